The van der Waals surface area contributed by atoms with Gasteiger partial charge in [-0.2, -0.15) is 0 Å². The minimum absolute atomic E-state index is 0.242. The first kappa shape index (κ1) is 17.1. The number of hydrogen-bond acceptors (Lipinski definition) is 4. The van der Waals surface area contributed by atoms with Gasteiger partial charge in [-0.05, 0) is 43.6 Å². The van der Waals surface area contributed by atoms with Gasteiger partial charge < -0.3 is 18.8 Å². The fourth-order valence-corrected chi connectivity index (χ4v) is 3.06. The average molecular weight is 396 g/mol. The van der Waals surface area contributed by atoms with Crippen LogP contribution < -0.4 is 4.74 Å². The molecule has 3 rings (SSSR count). The van der Waals surface area contributed by atoms with Crippen molar-refractivity contribution >= 4 is 27.7 Å². The van der Waals surface area contributed by atoms with Gasteiger partial charge in [-0.3, -0.25) is 0 Å². The Labute approximate surface area is 149 Å². The molecule has 130 valence electrons. The molecule has 1 fully saturated rings. The predicted octanol–water partition coefficient (Wildman–Crippen LogP) is 3.83. The lowest BCUT2D eigenvalue weighted by molar-refractivity contribution is 0.00791. The van der Waals surface area contributed by atoms with E-state index < -0.39 is 5.60 Å². The number of likely N-dealkylation sites (tertiary alicyclic amines) is 1. The smallest absolute Gasteiger partial charge is 0.410 e. The van der Waals surface area contributed by atoms with Crippen LogP contribution in [-0.2, 0) is 4.74 Å². The van der Waals surface area contributed by atoms with Crippen molar-refractivity contribution in [3.8, 4) is 5.75 Å². The Morgan fingerprint density at radius 2 is 2.08 bits per heavy atom. The van der Waals surface area contributed by atoms with Gasteiger partial charge in [0.1, 0.15) is 17.0 Å². The standard InChI is InChI=1S/C17H22BrN3O3/c1-5-23-14-6-15-19-13(10-20(15)9-12(14)18)11-7-21(8-11)16(22)24-17(2,3)4/h6,9-11H,5,7-8H2,1-4H3. The van der Waals surface area contributed by atoms with Crippen molar-refractivity contribution in [1.82, 2.24) is 14.3 Å². The van der Waals surface area contributed by atoms with Crippen molar-refractivity contribution in [2.24, 2.45) is 0 Å². The number of hydrogen-bond donors (Lipinski definition) is 0. The van der Waals surface area contributed by atoms with Crippen LogP contribution in [0.4, 0.5) is 4.79 Å². The van der Waals surface area contributed by atoms with E-state index in [1.165, 1.54) is 0 Å². The number of aromatic nitrogens is 2. The van der Waals surface area contributed by atoms with Gasteiger partial charge in [0.15, 0.2) is 0 Å². The van der Waals surface area contributed by atoms with E-state index in [9.17, 15) is 4.79 Å². The van der Waals surface area contributed by atoms with Crippen molar-refractivity contribution in [1.29, 1.82) is 0 Å². The summed E-state index contributed by atoms with van der Waals surface area (Å²) in [5.74, 6) is 1.03. The molecule has 0 aliphatic carbocycles. The lowest BCUT2D eigenvalue weighted by Crippen LogP contribution is -2.50. The fraction of sp³-hybridized carbons (Fsp3) is 0.529. The molecule has 0 spiro atoms. The van der Waals surface area contributed by atoms with Crippen molar-refractivity contribution in [2.75, 3.05) is 19.7 Å². The first-order valence-electron chi connectivity index (χ1n) is 8.05. The van der Waals surface area contributed by atoms with Crippen LogP contribution >= 0.6 is 15.9 Å². The Morgan fingerprint density at radius 3 is 2.71 bits per heavy atom. The van der Waals surface area contributed by atoms with Gasteiger partial charge in [0, 0.05) is 37.5 Å². The summed E-state index contributed by atoms with van der Waals surface area (Å²) in [5, 5.41) is 0. The molecule has 1 saturated heterocycles. The number of imidazole rings is 1. The highest BCUT2D eigenvalue weighted by Crippen LogP contribution is 2.31. The minimum atomic E-state index is -0.465. The second kappa shape index (κ2) is 6.27. The third-order valence-corrected chi connectivity index (χ3v) is 4.37. The lowest BCUT2D eigenvalue weighted by atomic mass is 9.98. The normalized spacial score (nSPS) is 15.5. The Morgan fingerprint density at radius 1 is 1.38 bits per heavy atom. The molecule has 0 saturated carbocycles. The van der Waals surface area contributed by atoms with Gasteiger partial charge >= 0.3 is 6.09 Å². The maximum atomic E-state index is 12.0. The van der Waals surface area contributed by atoms with Crippen LogP contribution in [0.25, 0.3) is 5.65 Å². The highest BCUT2D eigenvalue weighted by atomic mass is 79.9. The number of rotatable bonds is 3. The summed E-state index contributed by atoms with van der Waals surface area (Å²) >= 11 is 3.51. The largest absolute Gasteiger partial charge is 0.492 e. The topological polar surface area (TPSA) is 56.1 Å². The maximum Gasteiger partial charge on any atom is 0.410 e. The molecule has 0 aromatic carbocycles. The molecular formula is C17H22BrN3O3. The maximum absolute atomic E-state index is 12.0. The average Bonchev–Trinajstić information content (AvgIpc) is 2.77. The molecule has 1 aliphatic heterocycles. The summed E-state index contributed by atoms with van der Waals surface area (Å²) in [6, 6.07) is 1.92. The Kier molecular flexibility index (Phi) is 4.46. The third kappa shape index (κ3) is 3.50. The first-order chi connectivity index (χ1) is 11.3. The number of carbonyl (C=O) groups excluding carboxylic acids is 1. The third-order valence-electron chi connectivity index (χ3n) is 3.78. The minimum Gasteiger partial charge on any atom is -0.492 e. The summed E-state index contributed by atoms with van der Waals surface area (Å²) < 4.78 is 13.8. The van der Waals surface area contributed by atoms with E-state index in [1.54, 1.807) is 4.90 Å². The molecular weight excluding hydrogens is 374 g/mol. The van der Waals surface area contributed by atoms with Crippen LogP contribution in [0, 0.1) is 0 Å². The zero-order valence-electron chi connectivity index (χ0n) is 14.4. The van der Waals surface area contributed by atoms with Crippen molar-refractivity contribution in [3.05, 3.63) is 28.6 Å². The predicted molar refractivity (Wildman–Crippen MR) is 94.6 cm³/mol. The number of ether oxygens (including phenoxy) is 2. The van der Waals surface area contributed by atoms with Gasteiger partial charge in [-0.15, -0.1) is 0 Å². The Bertz CT molecular complexity index is 760. The van der Waals surface area contributed by atoms with E-state index in [4.69, 9.17) is 9.47 Å². The van der Waals surface area contributed by atoms with Crippen molar-refractivity contribution in [2.45, 2.75) is 39.2 Å². The SMILES string of the molecule is CCOc1cc2nc(C3CN(C(=O)OC(C)(C)C)C3)cn2cc1Br. The summed E-state index contributed by atoms with van der Waals surface area (Å²) in [6.07, 6.45) is 3.69. The number of amides is 1. The zero-order valence-corrected chi connectivity index (χ0v) is 16.0. The van der Waals surface area contributed by atoms with Crippen LogP contribution in [0.1, 0.15) is 39.3 Å². The number of fused-ring (bicyclic) bond motifs is 1. The van der Waals surface area contributed by atoms with E-state index >= 15 is 0 Å². The number of nitrogens with zero attached hydrogens (tertiary/aromatic N) is 3. The molecule has 2 aromatic heterocycles. The van der Waals surface area contributed by atoms with E-state index in [0.717, 1.165) is 21.6 Å². The Hall–Kier alpha value is -1.76. The van der Waals surface area contributed by atoms with Crippen LogP contribution in [0.15, 0.2) is 22.9 Å². The summed E-state index contributed by atoms with van der Waals surface area (Å²) in [6.45, 7) is 9.45. The van der Waals surface area contributed by atoms with Crippen LogP contribution in [0.3, 0.4) is 0 Å². The van der Waals surface area contributed by atoms with Crippen LogP contribution in [-0.4, -0.2) is 45.7 Å². The molecule has 0 radical (unpaired) electrons. The lowest BCUT2D eigenvalue weighted by Gasteiger charge is -2.38. The molecule has 7 heteroatoms. The molecule has 2 aromatic rings. The van der Waals surface area contributed by atoms with Gasteiger partial charge in [-0.1, -0.05) is 0 Å². The zero-order chi connectivity index (χ0) is 17.5. The van der Waals surface area contributed by atoms with Gasteiger partial charge in [0.2, 0.25) is 0 Å². The number of carbonyl (C=O) groups is 1. The molecule has 0 unspecified atom stereocenters. The van der Waals surface area contributed by atoms with E-state index in [1.807, 2.05) is 50.6 Å². The molecule has 0 atom stereocenters. The summed E-state index contributed by atoms with van der Waals surface area (Å²) in [7, 11) is 0. The quantitative estimate of drug-likeness (QED) is 0.792. The summed E-state index contributed by atoms with van der Waals surface area (Å²) in [5.41, 5.74) is 1.36. The monoisotopic (exact) mass is 395 g/mol. The number of halogens is 1. The highest BCUT2D eigenvalue weighted by molar-refractivity contribution is 9.10. The molecule has 6 nitrogen and oxygen atoms in total. The molecule has 0 N–H and O–H groups in total. The second-order valence-electron chi connectivity index (χ2n) is 6.93. The molecule has 3 heterocycles. The highest BCUT2D eigenvalue weighted by Gasteiger charge is 2.35. The van der Waals surface area contributed by atoms with Crippen LogP contribution in [0.2, 0.25) is 0 Å². The molecule has 1 amide bonds. The van der Waals surface area contributed by atoms with E-state index in [2.05, 4.69) is 20.9 Å². The van der Waals surface area contributed by atoms with Gasteiger partial charge in [0.25, 0.3) is 0 Å². The molecule has 0 bridgehead atoms. The second-order valence-corrected chi connectivity index (χ2v) is 7.79. The summed E-state index contributed by atoms with van der Waals surface area (Å²) in [4.78, 5) is 18.4. The van der Waals surface area contributed by atoms with E-state index in [-0.39, 0.29) is 12.0 Å². The van der Waals surface area contributed by atoms with Crippen molar-refractivity contribution < 1.29 is 14.3 Å². The fourth-order valence-electron chi connectivity index (χ4n) is 2.61. The van der Waals surface area contributed by atoms with Crippen molar-refractivity contribution in [3.63, 3.8) is 0 Å². The van der Waals surface area contributed by atoms with Crippen LogP contribution in [0.5, 0.6) is 5.75 Å². The number of pyridine rings is 1. The first-order valence-corrected chi connectivity index (χ1v) is 8.85. The van der Waals surface area contributed by atoms with E-state index in [0.29, 0.717) is 19.7 Å². The van der Waals surface area contributed by atoms with Gasteiger partial charge in [0.05, 0.1) is 16.8 Å². The molecule has 1 aliphatic rings. The molecule has 24 heavy (non-hydrogen) atoms. The Balaban J connectivity index is 1.70. The van der Waals surface area contributed by atoms with Gasteiger partial charge in [-0.25, -0.2) is 9.78 Å².